The maximum Gasteiger partial charge on any atom is 0.243 e. The van der Waals surface area contributed by atoms with Crippen LogP contribution in [0.15, 0.2) is 46.7 Å². The van der Waals surface area contributed by atoms with E-state index in [1.807, 2.05) is 24.6 Å². The number of benzene rings is 1. The van der Waals surface area contributed by atoms with Crippen LogP contribution >= 0.6 is 11.8 Å². The summed E-state index contributed by atoms with van der Waals surface area (Å²) in [5, 5.41) is 3.25. The molecule has 3 rings (SSSR count). The van der Waals surface area contributed by atoms with Gasteiger partial charge < -0.3 is 9.88 Å². The van der Waals surface area contributed by atoms with Crippen molar-refractivity contribution in [1.29, 1.82) is 0 Å². The van der Waals surface area contributed by atoms with Crippen molar-refractivity contribution < 1.29 is 13.2 Å². The monoisotopic (exact) mass is 422 g/mol. The molecule has 2 heterocycles. The van der Waals surface area contributed by atoms with E-state index < -0.39 is 10.0 Å². The Morgan fingerprint density at radius 3 is 2.75 bits per heavy atom. The van der Waals surface area contributed by atoms with Crippen molar-refractivity contribution in [2.24, 2.45) is 0 Å². The van der Waals surface area contributed by atoms with E-state index in [4.69, 9.17) is 0 Å². The van der Waals surface area contributed by atoms with Crippen LogP contribution in [0.2, 0.25) is 0 Å². The summed E-state index contributed by atoms with van der Waals surface area (Å²) in [6.07, 6.45) is 6.43. The van der Waals surface area contributed by atoms with E-state index in [2.05, 4.69) is 10.3 Å². The smallest absolute Gasteiger partial charge is 0.243 e. The Morgan fingerprint density at radius 1 is 1.29 bits per heavy atom. The average Bonchev–Trinajstić information content (AvgIpc) is 3.16. The number of anilines is 1. The maximum atomic E-state index is 12.8. The highest BCUT2D eigenvalue weighted by molar-refractivity contribution is 8.00. The molecule has 2 aromatic rings. The lowest BCUT2D eigenvalue weighted by Gasteiger charge is -2.26. The lowest BCUT2D eigenvalue weighted by molar-refractivity contribution is -0.115. The first-order valence-corrected chi connectivity index (χ1v) is 11.8. The number of carbonyl (C=O) groups excluding carboxylic acids is 1. The molecule has 0 bridgehead atoms. The molecular weight excluding hydrogens is 396 g/mol. The van der Waals surface area contributed by atoms with Crippen LogP contribution in [0.25, 0.3) is 0 Å². The molecular formula is C19H26N4O3S2. The van der Waals surface area contributed by atoms with Crippen molar-refractivity contribution in [1.82, 2.24) is 13.9 Å². The Bertz CT molecular complexity index is 921. The fourth-order valence-electron chi connectivity index (χ4n) is 3.10. The molecule has 1 aliphatic rings. The number of sulfonamides is 1. The third-order valence-corrected chi connectivity index (χ3v) is 7.74. The van der Waals surface area contributed by atoms with Gasteiger partial charge in [0.2, 0.25) is 15.9 Å². The van der Waals surface area contributed by atoms with Gasteiger partial charge in [0.05, 0.1) is 10.1 Å². The zero-order valence-corrected chi connectivity index (χ0v) is 17.8. The highest BCUT2D eigenvalue weighted by Crippen LogP contribution is 2.25. The van der Waals surface area contributed by atoms with Crippen molar-refractivity contribution in [2.75, 3.05) is 18.4 Å². The number of aromatic nitrogens is 2. The number of thioether (sulfide) groups is 1. The van der Waals surface area contributed by atoms with E-state index >= 15 is 0 Å². The molecule has 1 amide bonds. The Kier molecular flexibility index (Phi) is 6.79. The molecule has 1 saturated heterocycles. The molecule has 7 nitrogen and oxygen atoms in total. The SMILES string of the molecule is CCn1ccnc1SC(C)C(=O)Nc1cccc(S(=O)(=O)N2CCCCC2)c1. The second-order valence-corrected chi connectivity index (χ2v) is 9.98. The largest absolute Gasteiger partial charge is 0.326 e. The van der Waals surface area contributed by atoms with Gasteiger partial charge in [-0.15, -0.1) is 0 Å². The van der Waals surface area contributed by atoms with Crippen LogP contribution in [0.1, 0.15) is 33.1 Å². The van der Waals surface area contributed by atoms with Gasteiger partial charge >= 0.3 is 0 Å². The molecule has 1 aromatic carbocycles. The molecule has 0 radical (unpaired) electrons. The lowest BCUT2D eigenvalue weighted by Crippen LogP contribution is -2.35. The Balaban J connectivity index is 1.69. The number of hydrogen-bond donors (Lipinski definition) is 1. The van der Waals surface area contributed by atoms with Crippen LogP contribution in [0, 0.1) is 0 Å². The first-order valence-electron chi connectivity index (χ1n) is 9.50. The Morgan fingerprint density at radius 2 is 2.04 bits per heavy atom. The van der Waals surface area contributed by atoms with Crippen LogP contribution in [-0.4, -0.2) is 46.5 Å². The van der Waals surface area contributed by atoms with Gasteiger partial charge in [0.25, 0.3) is 0 Å². The third-order valence-electron chi connectivity index (χ3n) is 4.72. The van der Waals surface area contributed by atoms with Gasteiger partial charge in [0.15, 0.2) is 5.16 Å². The molecule has 9 heteroatoms. The van der Waals surface area contributed by atoms with Crippen molar-refractivity contribution in [2.45, 2.75) is 55.0 Å². The van der Waals surface area contributed by atoms with Crippen LogP contribution in [0.5, 0.6) is 0 Å². The predicted octanol–water partition coefficient (Wildman–Crippen LogP) is 3.20. The first kappa shape index (κ1) is 20.9. The molecule has 0 saturated carbocycles. The molecule has 1 aliphatic heterocycles. The number of nitrogens with zero attached hydrogens (tertiary/aromatic N) is 3. The quantitative estimate of drug-likeness (QED) is 0.693. The third kappa shape index (κ3) is 4.76. The molecule has 0 aliphatic carbocycles. The van der Waals surface area contributed by atoms with Crippen LogP contribution in [0.3, 0.4) is 0 Å². The number of rotatable bonds is 7. The molecule has 152 valence electrons. The van der Waals surface area contributed by atoms with E-state index in [0.717, 1.165) is 31.0 Å². The fraction of sp³-hybridized carbons (Fsp3) is 0.474. The topological polar surface area (TPSA) is 84.3 Å². The molecule has 1 N–H and O–H groups in total. The zero-order valence-electron chi connectivity index (χ0n) is 16.2. The van der Waals surface area contributed by atoms with Crippen LogP contribution < -0.4 is 5.32 Å². The average molecular weight is 423 g/mol. The number of hydrogen-bond acceptors (Lipinski definition) is 5. The summed E-state index contributed by atoms with van der Waals surface area (Å²) < 4.78 is 29.2. The lowest BCUT2D eigenvalue weighted by atomic mass is 10.2. The number of carbonyl (C=O) groups is 1. The zero-order chi connectivity index (χ0) is 20.1. The number of aryl methyl sites for hydroxylation is 1. The summed E-state index contributed by atoms with van der Waals surface area (Å²) in [6.45, 7) is 5.72. The maximum absolute atomic E-state index is 12.8. The summed E-state index contributed by atoms with van der Waals surface area (Å²) in [4.78, 5) is 17.1. The molecule has 1 unspecified atom stereocenters. The van der Waals surface area contributed by atoms with Gasteiger partial charge in [-0.3, -0.25) is 4.79 Å². The van der Waals surface area contributed by atoms with Crippen molar-refractivity contribution >= 4 is 33.4 Å². The highest BCUT2D eigenvalue weighted by atomic mass is 32.2. The molecule has 28 heavy (non-hydrogen) atoms. The number of imidazole rings is 1. The van der Waals surface area contributed by atoms with Crippen molar-refractivity contribution in [3.8, 4) is 0 Å². The summed E-state index contributed by atoms with van der Waals surface area (Å²) in [5.41, 5.74) is 0.481. The second-order valence-electron chi connectivity index (χ2n) is 6.74. The normalized spacial score (nSPS) is 16.6. The minimum absolute atomic E-state index is 0.192. The molecule has 1 fully saturated rings. The Hall–Kier alpha value is -1.84. The minimum Gasteiger partial charge on any atom is -0.326 e. The summed E-state index contributed by atoms with van der Waals surface area (Å²) in [7, 11) is -3.53. The minimum atomic E-state index is -3.53. The first-order chi connectivity index (χ1) is 13.4. The van der Waals surface area contributed by atoms with Gasteiger partial charge in [-0.05, 0) is 44.9 Å². The number of nitrogens with one attached hydrogen (secondary N) is 1. The van der Waals surface area contributed by atoms with E-state index in [1.165, 1.54) is 22.1 Å². The van der Waals surface area contributed by atoms with Gasteiger partial charge in [-0.2, -0.15) is 4.31 Å². The second kappa shape index (κ2) is 9.11. The van der Waals surface area contributed by atoms with Crippen molar-refractivity contribution in [3.05, 3.63) is 36.7 Å². The number of piperidine rings is 1. The Labute approximate surface area is 170 Å². The number of amides is 1. The summed E-state index contributed by atoms with van der Waals surface area (Å²) in [6, 6.07) is 6.48. The highest BCUT2D eigenvalue weighted by Gasteiger charge is 2.26. The summed E-state index contributed by atoms with van der Waals surface area (Å²) in [5.74, 6) is -0.192. The van der Waals surface area contributed by atoms with E-state index in [0.29, 0.717) is 18.8 Å². The van der Waals surface area contributed by atoms with E-state index in [-0.39, 0.29) is 16.1 Å². The van der Waals surface area contributed by atoms with Gasteiger partial charge in [0, 0.05) is 37.7 Å². The summed E-state index contributed by atoms with van der Waals surface area (Å²) >= 11 is 1.37. The predicted molar refractivity (Wildman–Crippen MR) is 111 cm³/mol. The van der Waals surface area contributed by atoms with Crippen molar-refractivity contribution in [3.63, 3.8) is 0 Å². The van der Waals surface area contributed by atoms with Gasteiger partial charge in [-0.25, -0.2) is 13.4 Å². The van der Waals surface area contributed by atoms with E-state index in [9.17, 15) is 13.2 Å². The fourth-order valence-corrected chi connectivity index (χ4v) is 5.59. The molecule has 1 aromatic heterocycles. The molecule has 1 atom stereocenters. The standard InChI is InChI=1S/C19H26N4O3S2/c1-3-22-13-10-20-19(22)27-15(2)18(24)21-16-8-7-9-17(14-16)28(25,26)23-11-5-4-6-12-23/h7-10,13-15H,3-6,11-12H2,1-2H3,(H,21,24). The van der Waals surface area contributed by atoms with Crippen LogP contribution in [-0.2, 0) is 21.4 Å². The van der Waals surface area contributed by atoms with E-state index in [1.54, 1.807) is 24.4 Å². The molecule has 0 spiro atoms. The van der Waals surface area contributed by atoms with Crippen LogP contribution in [0.4, 0.5) is 5.69 Å². The van der Waals surface area contributed by atoms with Gasteiger partial charge in [0.1, 0.15) is 0 Å². The van der Waals surface area contributed by atoms with Gasteiger partial charge in [-0.1, -0.05) is 24.2 Å².